The second kappa shape index (κ2) is 6.48. The maximum atomic E-state index is 12.2. The van der Waals surface area contributed by atoms with E-state index < -0.39 is 18.1 Å². The van der Waals surface area contributed by atoms with Crippen LogP contribution in [0.4, 0.5) is 16.2 Å². The van der Waals surface area contributed by atoms with E-state index in [-0.39, 0.29) is 24.6 Å². The number of fused-ring (bicyclic) bond motifs is 1. The van der Waals surface area contributed by atoms with Crippen molar-refractivity contribution in [1.29, 1.82) is 0 Å². The third-order valence-electron chi connectivity index (χ3n) is 4.41. The van der Waals surface area contributed by atoms with Gasteiger partial charge in [-0.3, -0.25) is 14.5 Å². The zero-order chi connectivity index (χ0) is 16.7. The number of benzene rings is 1. The Kier molecular flexibility index (Phi) is 4.79. The Morgan fingerprint density at radius 1 is 1.42 bits per heavy atom. The molecule has 3 rings (SSSR count). The van der Waals surface area contributed by atoms with Crippen LogP contribution in [0.1, 0.15) is 25.8 Å². The van der Waals surface area contributed by atoms with E-state index >= 15 is 0 Å². The molecule has 0 saturated carbocycles. The molecule has 0 bridgehead atoms. The fourth-order valence-electron chi connectivity index (χ4n) is 2.99. The quantitative estimate of drug-likeness (QED) is 0.859. The lowest BCUT2D eigenvalue weighted by Gasteiger charge is -2.24. The fraction of sp³-hybridized carbons (Fsp3) is 0.438. The van der Waals surface area contributed by atoms with Gasteiger partial charge in [-0.2, -0.15) is 0 Å². The zero-order valence-corrected chi connectivity index (χ0v) is 13.8. The van der Waals surface area contributed by atoms with E-state index in [1.807, 2.05) is 19.9 Å². The van der Waals surface area contributed by atoms with Gasteiger partial charge in [-0.05, 0) is 37.1 Å². The molecule has 1 unspecified atom stereocenters. The van der Waals surface area contributed by atoms with E-state index in [2.05, 4.69) is 0 Å². The Hall–Kier alpha value is -2.61. The third kappa shape index (κ3) is 2.80. The molecule has 0 aromatic heterocycles. The number of hydrogen-bond acceptors (Lipinski definition) is 5. The highest BCUT2D eigenvalue weighted by Gasteiger charge is 2.37. The van der Waals surface area contributed by atoms with E-state index in [4.69, 9.17) is 10.5 Å². The van der Waals surface area contributed by atoms with Crippen molar-refractivity contribution in [3.05, 3.63) is 23.8 Å². The predicted octanol–water partition coefficient (Wildman–Crippen LogP) is 1.35. The summed E-state index contributed by atoms with van der Waals surface area (Å²) in [5.74, 6) is -0.606. The van der Waals surface area contributed by atoms with E-state index in [9.17, 15) is 14.4 Å². The second-order valence-corrected chi connectivity index (χ2v) is 5.90. The number of rotatable bonds is 4. The Labute approximate surface area is 140 Å². The van der Waals surface area contributed by atoms with Gasteiger partial charge >= 0.3 is 6.09 Å². The standard InChI is InChI=1S/C16H19N3O4.H3N/c1-3-9(2)19-12-5-4-11(6-10(12)7-14(19)20)18-8-13(15(17)21)23-16(18)22;/h4-6,9,13H,3,7-8H2,1-2H3,(H2,17,21);1H3/t9?,13-;/m1./s1. The van der Waals surface area contributed by atoms with Crippen LogP contribution in [0.15, 0.2) is 18.2 Å². The summed E-state index contributed by atoms with van der Waals surface area (Å²) in [4.78, 5) is 38.5. The van der Waals surface area contributed by atoms with E-state index in [0.29, 0.717) is 12.1 Å². The van der Waals surface area contributed by atoms with Crippen molar-refractivity contribution in [1.82, 2.24) is 6.15 Å². The van der Waals surface area contributed by atoms with Crippen molar-refractivity contribution in [2.75, 3.05) is 16.3 Å². The van der Waals surface area contributed by atoms with Crippen LogP contribution in [0.5, 0.6) is 0 Å². The molecule has 3 amide bonds. The van der Waals surface area contributed by atoms with Gasteiger partial charge in [0, 0.05) is 17.4 Å². The van der Waals surface area contributed by atoms with E-state index in [1.165, 1.54) is 4.90 Å². The van der Waals surface area contributed by atoms with Gasteiger partial charge in [0.25, 0.3) is 5.91 Å². The number of anilines is 2. The summed E-state index contributed by atoms with van der Waals surface area (Å²) < 4.78 is 4.94. The summed E-state index contributed by atoms with van der Waals surface area (Å²) in [6, 6.07) is 5.54. The molecule has 5 N–H and O–H groups in total. The first kappa shape index (κ1) is 17.7. The van der Waals surface area contributed by atoms with Crippen LogP contribution in [0.2, 0.25) is 0 Å². The Morgan fingerprint density at radius 2 is 2.12 bits per heavy atom. The topological polar surface area (TPSA) is 128 Å². The molecule has 2 heterocycles. The van der Waals surface area contributed by atoms with Crippen molar-refractivity contribution >= 4 is 29.3 Å². The zero-order valence-electron chi connectivity index (χ0n) is 13.8. The number of carbonyl (C=O) groups is 3. The molecule has 8 heteroatoms. The minimum atomic E-state index is -0.936. The minimum absolute atomic E-state index is 0. The van der Waals surface area contributed by atoms with Crippen molar-refractivity contribution in [3.63, 3.8) is 0 Å². The number of nitrogens with two attached hydrogens (primary N) is 1. The molecule has 2 aliphatic rings. The van der Waals surface area contributed by atoms with Crippen molar-refractivity contribution < 1.29 is 19.1 Å². The molecule has 8 nitrogen and oxygen atoms in total. The molecule has 2 atom stereocenters. The molecule has 0 aliphatic carbocycles. The first-order valence-corrected chi connectivity index (χ1v) is 7.64. The van der Waals surface area contributed by atoms with Gasteiger partial charge in [0.15, 0.2) is 6.10 Å². The highest BCUT2D eigenvalue weighted by molar-refractivity contribution is 6.03. The average Bonchev–Trinajstić information content (AvgIpc) is 3.05. The summed E-state index contributed by atoms with van der Waals surface area (Å²) in [5, 5.41) is 0. The summed E-state index contributed by atoms with van der Waals surface area (Å²) in [6.07, 6.45) is -0.354. The summed E-state index contributed by atoms with van der Waals surface area (Å²) in [5.41, 5.74) is 7.55. The van der Waals surface area contributed by atoms with Crippen molar-refractivity contribution in [2.24, 2.45) is 5.73 Å². The van der Waals surface area contributed by atoms with E-state index in [1.54, 1.807) is 17.0 Å². The summed E-state index contributed by atoms with van der Waals surface area (Å²) in [6.45, 7) is 4.14. The van der Waals surface area contributed by atoms with Crippen molar-refractivity contribution in [2.45, 2.75) is 38.8 Å². The van der Waals surface area contributed by atoms with Gasteiger partial charge in [0.05, 0.1) is 13.0 Å². The molecular weight excluding hydrogens is 312 g/mol. The minimum Gasteiger partial charge on any atom is -0.434 e. The molecule has 1 fully saturated rings. The highest BCUT2D eigenvalue weighted by atomic mass is 16.6. The van der Waals surface area contributed by atoms with Gasteiger partial charge in [0.1, 0.15) is 0 Å². The Bertz CT molecular complexity index is 691. The van der Waals surface area contributed by atoms with Gasteiger partial charge in [-0.15, -0.1) is 0 Å². The first-order chi connectivity index (χ1) is 10.9. The maximum absolute atomic E-state index is 12.2. The van der Waals surface area contributed by atoms with Crippen LogP contribution < -0.4 is 21.7 Å². The number of amides is 3. The lowest BCUT2D eigenvalue weighted by molar-refractivity contribution is -0.124. The predicted molar refractivity (Wildman–Crippen MR) is 89.2 cm³/mol. The van der Waals surface area contributed by atoms with Gasteiger partial charge < -0.3 is 21.5 Å². The number of primary amides is 1. The summed E-state index contributed by atoms with van der Waals surface area (Å²) >= 11 is 0. The van der Waals surface area contributed by atoms with Crippen LogP contribution in [0, 0.1) is 0 Å². The molecule has 130 valence electrons. The normalized spacial score (nSPS) is 20.5. The maximum Gasteiger partial charge on any atom is 0.415 e. The van der Waals surface area contributed by atoms with E-state index in [0.717, 1.165) is 17.7 Å². The Morgan fingerprint density at radius 3 is 2.71 bits per heavy atom. The van der Waals surface area contributed by atoms with Gasteiger partial charge in [-0.25, -0.2) is 4.79 Å². The number of carbonyl (C=O) groups excluding carboxylic acids is 3. The van der Waals surface area contributed by atoms with Crippen LogP contribution in [-0.2, 0) is 20.7 Å². The summed E-state index contributed by atoms with van der Waals surface area (Å²) in [7, 11) is 0. The number of cyclic esters (lactones) is 1. The van der Waals surface area contributed by atoms with Gasteiger partial charge in [0.2, 0.25) is 5.91 Å². The van der Waals surface area contributed by atoms with Crippen LogP contribution in [0.25, 0.3) is 0 Å². The van der Waals surface area contributed by atoms with Gasteiger partial charge in [-0.1, -0.05) is 6.92 Å². The molecule has 1 aromatic rings. The average molecular weight is 334 g/mol. The van der Waals surface area contributed by atoms with Crippen LogP contribution in [-0.4, -0.2) is 36.6 Å². The fourth-order valence-corrected chi connectivity index (χ4v) is 2.99. The smallest absolute Gasteiger partial charge is 0.415 e. The number of hydrogen-bond donors (Lipinski definition) is 2. The molecule has 0 radical (unpaired) electrons. The lowest BCUT2D eigenvalue weighted by atomic mass is 10.1. The highest BCUT2D eigenvalue weighted by Crippen LogP contribution is 2.35. The number of nitrogens with zero attached hydrogens (tertiary/aromatic N) is 2. The molecule has 24 heavy (non-hydrogen) atoms. The third-order valence-corrected chi connectivity index (χ3v) is 4.41. The molecule has 2 aliphatic heterocycles. The SMILES string of the molecule is CCC(C)N1C(=O)Cc2cc(N3C[C@H](C(N)=O)OC3=O)ccc21.N. The molecular formula is C16H22N4O4. The van der Waals surface area contributed by atoms with Crippen LogP contribution >= 0.6 is 0 Å². The largest absolute Gasteiger partial charge is 0.434 e. The second-order valence-electron chi connectivity index (χ2n) is 5.90. The lowest BCUT2D eigenvalue weighted by Crippen LogP contribution is -2.35. The van der Waals surface area contributed by atoms with Crippen LogP contribution in [0.3, 0.4) is 0 Å². The van der Waals surface area contributed by atoms with Crippen molar-refractivity contribution in [3.8, 4) is 0 Å². The monoisotopic (exact) mass is 334 g/mol. The molecule has 1 saturated heterocycles. The molecule has 0 spiro atoms. The number of ether oxygens (including phenoxy) is 1. The first-order valence-electron chi connectivity index (χ1n) is 7.64. The molecule has 1 aromatic carbocycles. The Balaban J connectivity index is 0.00000208.